The van der Waals surface area contributed by atoms with Crippen LogP contribution in [-0.4, -0.2) is 17.0 Å². The lowest BCUT2D eigenvalue weighted by Gasteiger charge is -2.21. The normalized spacial score (nSPS) is 13.5. The van der Waals surface area contributed by atoms with Crippen LogP contribution in [0, 0.1) is 12.3 Å². The molecule has 3 heteroatoms. The van der Waals surface area contributed by atoms with Crippen LogP contribution < -0.4 is 4.74 Å². The number of aryl methyl sites for hydroxylation is 1. The number of aliphatic hydroxyl groups is 1. The number of hydrogen-bond donors (Lipinski definition) is 1. The summed E-state index contributed by atoms with van der Waals surface area (Å²) in [7, 11) is 0. The van der Waals surface area contributed by atoms with E-state index in [1.54, 1.807) is 0 Å². The van der Waals surface area contributed by atoms with Crippen LogP contribution in [0.25, 0.3) is 0 Å². The Labute approximate surface area is 157 Å². The molecule has 0 amide bonds. The minimum absolute atomic E-state index is 0.0391. The fraction of sp³-hybridized carbons (Fsp3) is 0.435. The van der Waals surface area contributed by atoms with E-state index in [-0.39, 0.29) is 5.41 Å². The highest BCUT2D eigenvalue weighted by molar-refractivity contribution is 6.02. The smallest absolute Gasteiger partial charge is 0.145 e. The largest absolute Gasteiger partial charge is 0.489 e. The van der Waals surface area contributed by atoms with Gasteiger partial charge in [0.15, 0.2) is 0 Å². The van der Waals surface area contributed by atoms with Crippen LogP contribution in [0.15, 0.2) is 53.5 Å². The minimum Gasteiger partial charge on any atom is -0.489 e. The molecule has 0 heterocycles. The third-order valence-corrected chi connectivity index (χ3v) is 4.20. The van der Waals surface area contributed by atoms with Crippen molar-refractivity contribution in [1.29, 1.82) is 0 Å². The molecule has 0 aromatic heterocycles. The highest BCUT2D eigenvalue weighted by Gasteiger charge is 2.17. The molecule has 1 N–H and O–H groups in total. The summed E-state index contributed by atoms with van der Waals surface area (Å²) in [6.45, 7) is 11.0. The molecule has 0 aliphatic heterocycles. The van der Waals surface area contributed by atoms with E-state index in [0.29, 0.717) is 13.0 Å². The van der Waals surface area contributed by atoms with Crippen molar-refractivity contribution >= 4 is 5.71 Å². The van der Waals surface area contributed by atoms with Gasteiger partial charge in [0.05, 0.1) is 0 Å². The highest BCUT2D eigenvalue weighted by atomic mass is 16.5. The maximum atomic E-state index is 10.3. The summed E-state index contributed by atoms with van der Waals surface area (Å²) in [5, 5.41) is 10.3. The first-order chi connectivity index (χ1) is 12.3. The fourth-order valence-electron chi connectivity index (χ4n) is 2.87. The molecule has 1 unspecified atom stereocenters. The molecule has 2 rings (SSSR count). The van der Waals surface area contributed by atoms with Gasteiger partial charge in [-0.15, -0.1) is 0 Å². The van der Waals surface area contributed by atoms with Crippen LogP contribution in [0.3, 0.4) is 0 Å². The quantitative estimate of drug-likeness (QED) is 0.665. The summed E-state index contributed by atoms with van der Waals surface area (Å²) < 4.78 is 5.95. The number of rotatable bonds is 7. The van der Waals surface area contributed by atoms with Gasteiger partial charge in [0.1, 0.15) is 18.6 Å². The highest BCUT2D eigenvalue weighted by Crippen LogP contribution is 2.24. The molecule has 0 spiro atoms. The average molecular weight is 354 g/mol. The number of ether oxygens (including phenoxy) is 1. The molecule has 26 heavy (non-hydrogen) atoms. The van der Waals surface area contributed by atoms with E-state index in [0.717, 1.165) is 34.6 Å². The SMILES string of the molecule is CC/C(=N/C(O)CC(C)(C)C)c1cc(OCc2ccccc2)ccc1C. The first-order valence-corrected chi connectivity index (χ1v) is 9.31. The van der Waals surface area contributed by atoms with Gasteiger partial charge in [0.25, 0.3) is 0 Å². The standard InChI is InChI=1S/C23H31NO2/c1-6-21(24-22(25)15-23(3,4)5)20-14-19(13-12-17(20)2)26-16-18-10-8-7-9-11-18/h7-14,22,25H,6,15-16H2,1-5H3/b24-21-. The summed E-state index contributed by atoms with van der Waals surface area (Å²) >= 11 is 0. The Kier molecular flexibility index (Phi) is 6.98. The van der Waals surface area contributed by atoms with Crippen molar-refractivity contribution in [3.05, 3.63) is 65.2 Å². The Balaban J connectivity index is 2.18. The molecular formula is C23H31NO2. The van der Waals surface area contributed by atoms with Crippen LogP contribution in [0.2, 0.25) is 0 Å². The summed E-state index contributed by atoms with van der Waals surface area (Å²) in [6, 6.07) is 16.2. The van der Waals surface area contributed by atoms with Gasteiger partial charge in [0.2, 0.25) is 0 Å². The lowest BCUT2D eigenvalue weighted by Crippen LogP contribution is -2.18. The van der Waals surface area contributed by atoms with Crippen LogP contribution >= 0.6 is 0 Å². The molecule has 2 aromatic carbocycles. The Morgan fingerprint density at radius 1 is 1.12 bits per heavy atom. The molecule has 0 bridgehead atoms. The molecule has 140 valence electrons. The van der Waals surface area contributed by atoms with Gasteiger partial charge < -0.3 is 9.84 Å². The van der Waals surface area contributed by atoms with Gasteiger partial charge in [-0.2, -0.15) is 0 Å². The summed E-state index contributed by atoms with van der Waals surface area (Å²) in [6.07, 6.45) is 0.724. The second-order valence-electron chi connectivity index (χ2n) is 7.93. The van der Waals surface area contributed by atoms with E-state index >= 15 is 0 Å². The van der Waals surface area contributed by atoms with Crippen molar-refractivity contribution < 1.29 is 9.84 Å². The Morgan fingerprint density at radius 3 is 2.42 bits per heavy atom. The molecule has 0 aliphatic rings. The monoisotopic (exact) mass is 353 g/mol. The lowest BCUT2D eigenvalue weighted by molar-refractivity contribution is 0.129. The number of hydrogen-bond acceptors (Lipinski definition) is 3. The van der Waals surface area contributed by atoms with E-state index < -0.39 is 6.23 Å². The van der Waals surface area contributed by atoms with E-state index in [2.05, 4.69) is 57.8 Å². The molecule has 0 aliphatic carbocycles. The number of nitrogens with zero attached hydrogens (tertiary/aromatic N) is 1. The van der Waals surface area contributed by atoms with Gasteiger partial charge in [-0.3, -0.25) is 4.99 Å². The van der Waals surface area contributed by atoms with Crippen molar-refractivity contribution in [2.45, 2.75) is 60.3 Å². The Hall–Kier alpha value is -2.13. The summed E-state index contributed by atoms with van der Waals surface area (Å²) in [5.41, 5.74) is 4.29. The van der Waals surface area contributed by atoms with Crippen molar-refractivity contribution in [3.63, 3.8) is 0 Å². The molecule has 0 saturated carbocycles. The van der Waals surface area contributed by atoms with Crippen molar-refractivity contribution in [1.82, 2.24) is 0 Å². The topological polar surface area (TPSA) is 41.8 Å². The molecule has 3 nitrogen and oxygen atoms in total. The second kappa shape index (κ2) is 9.00. The third kappa shape index (κ3) is 6.30. The zero-order chi connectivity index (χ0) is 19.2. The van der Waals surface area contributed by atoms with Gasteiger partial charge >= 0.3 is 0 Å². The average Bonchev–Trinajstić information content (AvgIpc) is 2.58. The maximum absolute atomic E-state index is 10.3. The fourth-order valence-corrected chi connectivity index (χ4v) is 2.87. The van der Waals surface area contributed by atoms with Gasteiger partial charge in [0, 0.05) is 11.3 Å². The van der Waals surface area contributed by atoms with E-state index in [9.17, 15) is 5.11 Å². The van der Waals surface area contributed by atoms with Crippen molar-refractivity contribution in [3.8, 4) is 5.75 Å². The first kappa shape index (κ1) is 20.2. The molecule has 0 radical (unpaired) electrons. The molecule has 0 fully saturated rings. The minimum atomic E-state index is -0.682. The van der Waals surface area contributed by atoms with Gasteiger partial charge in [-0.05, 0) is 48.4 Å². The number of benzene rings is 2. The number of aliphatic imine (C=N–C) groups is 1. The Bertz CT molecular complexity index is 730. The van der Waals surface area contributed by atoms with Crippen LogP contribution in [0.4, 0.5) is 0 Å². The van der Waals surface area contributed by atoms with Crippen molar-refractivity contribution in [2.75, 3.05) is 0 Å². The van der Waals surface area contributed by atoms with Crippen LogP contribution in [-0.2, 0) is 6.61 Å². The predicted molar refractivity (Wildman–Crippen MR) is 109 cm³/mol. The maximum Gasteiger partial charge on any atom is 0.145 e. The van der Waals surface area contributed by atoms with E-state index in [1.807, 2.05) is 30.3 Å². The number of aliphatic hydroxyl groups excluding tert-OH is 1. The Morgan fingerprint density at radius 2 is 1.81 bits per heavy atom. The molecular weight excluding hydrogens is 322 g/mol. The van der Waals surface area contributed by atoms with Crippen LogP contribution in [0.5, 0.6) is 5.75 Å². The lowest BCUT2D eigenvalue weighted by atomic mass is 9.91. The predicted octanol–water partition coefficient (Wildman–Crippen LogP) is 5.53. The van der Waals surface area contributed by atoms with E-state index in [1.165, 1.54) is 0 Å². The second-order valence-corrected chi connectivity index (χ2v) is 7.93. The van der Waals surface area contributed by atoms with Crippen LogP contribution in [0.1, 0.15) is 57.2 Å². The molecule has 0 saturated heterocycles. The molecule has 1 atom stereocenters. The van der Waals surface area contributed by atoms with E-state index in [4.69, 9.17) is 4.74 Å². The summed E-state index contributed by atoms with van der Waals surface area (Å²) in [5.74, 6) is 0.820. The van der Waals surface area contributed by atoms with Crippen molar-refractivity contribution in [2.24, 2.45) is 10.4 Å². The first-order valence-electron chi connectivity index (χ1n) is 9.31. The summed E-state index contributed by atoms with van der Waals surface area (Å²) in [4.78, 5) is 4.59. The zero-order valence-electron chi connectivity index (χ0n) is 16.6. The molecule has 2 aromatic rings. The van der Waals surface area contributed by atoms with Gasteiger partial charge in [-0.25, -0.2) is 0 Å². The zero-order valence-corrected chi connectivity index (χ0v) is 16.6. The third-order valence-electron chi connectivity index (χ3n) is 4.20. The van der Waals surface area contributed by atoms with Gasteiger partial charge in [-0.1, -0.05) is 64.1 Å².